The summed E-state index contributed by atoms with van der Waals surface area (Å²) >= 11 is 0.515. The van der Waals surface area contributed by atoms with Crippen LogP contribution in [-0.4, -0.2) is 26.1 Å². The first-order valence-electron chi connectivity index (χ1n) is 4.68. The lowest BCUT2D eigenvalue weighted by atomic mass is 10.3. The van der Waals surface area contributed by atoms with Crippen molar-refractivity contribution in [3.8, 4) is 5.69 Å². The molecule has 0 fully saturated rings. The third-order valence-electron chi connectivity index (χ3n) is 2.18. The summed E-state index contributed by atoms with van der Waals surface area (Å²) in [6.45, 7) is 0. The molecule has 0 unspecified atom stereocenters. The van der Waals surface area contributed by atoms with E-state index in [0.29, 0.717) is 26.5 Å². The monoisotopic (exact) mass is 240 g/mol. The SMILES string of the molecule is FC(F)(F)c1c[c]([AlH2])n(-c2ccccc2)n1. The summed E-state index contributed by atoms with van der Waals surface area (Å²) in [6.07, 6.45) is -4.38. The van der Waals surface area contributed by atoms with E-state index in [9.17, 15) is 13.2 Å². The lowest BCUT2D eigenvalue weighted by Crippen LogP contribution is -2.15. The molecule has 0 aliphatic rings. The maximum absolute atomic E-state index is 12.4. The molecule has 1 aromatic carbocycles. The summed E-state index contributed by atoms with van der Waals surface area (Å²) in [7, 11) is 0. The van der Waals surface area contributed by atoms with E-state index in [1.807, 2.05) is 6.07 Å². The molecule has 0 saturated carbocycles. The van der Waals surface area contributed by atoms with Crippen molar-refractivity contribution in [1.29, 1.82) is 0 Å². The molecular formula is C10H8AlF3N2. The molecule has 2 aromatic rings. The minimum absolute atomic E-state index is 0.515. The molecule has 0 saturated heterocycles. The maximum Gasteiger partial charge on any atom is 0.435 e. The van der Waals surface area contributed by atoms with Crippen LogP contribution >= 0.6 is 0 Å². The third-order valence-corrected chi connectivity index (χ3v) is 2.89. The molecule has 0 N–H and O–H groups in total. The van der Waals surface area contributed by atoms with E-state index in [2.05, 4.69) is 5.10 Å². The summed E-state index contributed by atoms with van der Waals surface area (Å²) in [6, 6.07) is 9.91. The van der Waals surface area contributed by atoms with E-state index in [1.165, 1.54) is 4.68 Å². The number of hydrogen-bond donors (Lipinski definition) is 0. The van der Waals surface area contributed by atoms with E-state index in [-0.39, 0.29) is 0 Å². The average Bonchev–Trinajstić information content (AvgIpc) is 2.61. The van der Waals surface area contributed by atoms with Crippen molar-refractivity contribution in [3.63, 3.8) is 0 Å². The minimum Gasteiger partial charge on any atom is -0.255 e. The number of rotatable bonds is 1. The Balaban J connectivity index is 2.48. The summed E-state index contributed by atoms with van der Waals surface area (Å²) in [5.74, 6) is 0. The highest BCUT2D eigenvalue weighted by molar-refractivity contribution is 6.31. The van der Waals surface area contributed by atoms with Crippen LogP contribution in [0.5, 0.6) is 0 Å². The first kappa shape index (κ1) is 11.2. The van der Waals surface area contributed by atoms with Crippen molar-refractivity contribution in [1.82, 2.24) is 9.78 Å². The van der Waals surface area contributed by atoms with Crippen LogP contribution in [0.15, 0.2) is 36.4 Å². The van der Waals surface area contributed by atoms with Crippen molar-refractivity contribution in [3.05, 3.63) is 42.1 Å². The van der Waals surface area contributed by atoms with Crippen LogP contribution in [0.25, 0.3) is 5.69 Å². The van der Waals surface area contributed by atoms with Crippen molar-refractivity contribution < 1.29 is 13.2 Å². The molecule has 1 aromatic heterocycles. The van der Waals surface area contributed by atoms with Gasteiger partial charge in [-0.2, -0.15) is 18.3 Å². The van der Waals surface area contributed by atoms with Gasteiger partial charge in [-0.15, -0.1) is 0 Å². The largest absolute Gasteiger partial charge is 0.435 e. The second-order valence-electron chi connectivity index (χ2n) is 3.42. The van der Waals surface area contributed by atoms with Crippen LogP contribution in [0.3, 0.4) is 0 Å². The molecule has 82 valence electrons. The molecule has 1 heterocycles. The van der Waals surface area contributed by atoms with Gasteiger partial charge in [0.1, 0.15) is 0 Å². The van der Waals surface area contributed by atoms with Gasteiger partial charge in [0, 0.05) is 0 Å². The lowest BCUT2D eigenvalue weighted by molar-refractivity contribution is -0.141. The Bertz CT molecular complexity index is 491. The number of nitrogens with zero attached hydrogens (tertiary/aromatic N) is 2. The first-order chi connectivity index (χ1) is 7.48. The number of hydrogen-bond acceptors (Lipinski definition) is 1. The van der Waals surface area contributed by atoms with Crippen molar-refractivity contribution in [2.75, 3.05) is 0 Å². The van der Waals surface area contributed by atoms with Gasteiger partial charge in [-0.1, -0.05) is 18.2 Å². The van der Waals surface area contributed by atoms with Crippen LogP contribution in [0.2, 0.25) is 0 Å². The molecule has 2 nitrogen and oxygen atoms in total. The number of benzene rings is 1. The smallest absolute Gasteiger partial charge is 0.255 e. The van der Waals surface area contributed by atoms with Crippen LogP contribution in [0, 0.1) is 0 Å². The Kier molecular flexibility index (Phi) is 2.79. The second kappa shape index (κ2) is 3.96. The molecule has 0 radical (unpaired) electrons. The molecule has 0 bridgehead atoms. The Morgan fingerprint density at radius 3 is 2.25 bits per heavy atom. The minimum atomic E-state index is -4.38. The Labute approximate surface area is 98.1 Å². The maximum atomic E-state index is 12.4. The molecule has 0 amide bonds. The van der Waals surface area contributed by atoms with Crippen molar-refractivity contribution in [2.45, 2.75) is 6.18 Å². The fraction of sp³-hybridized carbons (Fsp3) is 0.100. The standard InChI is InChI=1S/C10H6F3N2.Al.2H/c11-10(12,13)9-6-7-15(14-9)8-4-2-1-3-5-8;;;/h1-6H;;;. The molecule has 0 aliphatic heterocycles. The fourth-order valence-corrected chi connectivity index (χ4v) is 2.08. The van der Waals surface area contributed by atoms with Crippen LogP contribution in [0.4, 0.5) is 13.2 Å². The van der Waals surface area contributed by atoms with Gasteiger partial charge in [0.25, 0.3) is 16.3 Å². The highest BCUT2D eigenvalue weighted by Gasteiger charge is 2.34. The summed E-state index contributed by atoms with van der Waals surface area (Å²) in [5.41, 5.74) is -0.177. The van der Waals surface area contributed by atoms with Gasteiger partial charge in [-0.05, 0) is 22.8 Å². The van der Waals surface area contributed by atoms with Gasteiger partial charge in [-0.3, -0.25) is 4.68 Å². The van der Waals surface area contributed by atoms with Crippen molar-refractivity contribution >= 4 is 20.8 Å². The molecule has 6 heteroatoms. The zero-order valence-corrected chi connectivity index (χ0v) is 10.5. The predicted octanol–water partition coefficient (Wildman–Crippen LogP) is 1.15. The summed E-state index contributed by atoms with van der Waals surface area (Å²) < 4.78 is 39.2. The zero-order valence-electron chi connectivity index (χ0n) is 8.49. The molecule has 0 aliphatic carbocycles. The van der Waals surface area contributed by atoms with Crippen LogP contribution in [0.1, 0.15) is 5.69 Å². The van der Waals surface area contributed by atoms with Gasteiger partial charge >= 0.3 is 6.18 Å². The number of halogens is 3. The summed E-state index contributed by atoms with van der Waals surface area (Å²) in [5, 5.41) is 3.58. The highest BCUT2D eigenvalue weighted by Crippen LogP contribution is 2.27. The second-order valence-corrected chi connectivity index (χ2v) is 4.44. The molecular weight excluding hydrogens is 232 g/mol. The molecule has 16 heavy (non-hydrogen) atoms. The zero-order chi connectivity index (χ0) is 11.8. The summed E-state index contributed by atoms with van der Waals surface area (Å²) in [4.78, 5) is 0. The molecule has 0 spiro atoms. The third kappa shape index (κ3) is 2.13. The lowest BCUT2D eigenvalue weighted by Gasteiger charge is -2.04. The van der Waals surface area contributed by atoms with E-state index in [1.54, 1.807) is 24.3 Å². The van der Waals surface area contributed by atoms with E-state index in [0.717, 1.165) is 6.07 Å². The average molecular weight is 240 g/mol. The number of para-hydroxylation sites is 1. The Morgan fingerprint density at radius 2 is 1.75 bits per heavy atom. The van der Waals surface area contributed by atoms with Gasteiger partial charge in [0.05, 0.1) is 5.69 Å². The van der Waals surface area contributed by atoms with E-state index < -0.39 is 11.9 Å². The normalized spacial score (nSPS) is 11.7. The predicted molar refractivity (Wildman–Crippen MR) is 56.7 cm³/mol. The van der Waals surface area contributed by atoms with Gasteiger partial charge in [-0.25, -0.2) is 0 Å². The molecule has 0 atom stereocenters. The molecule has 2 rings (SSSR count). The fourth-order valence-electron chi connectivity index (χ4n) is 1.44. The van der Waals surface area contributed by atoms with E-state index in [4.69, 9.17) is 0 Å². The van der Waals surface area contributed by atoms with Gasteiger partial charge in [0.15, 0.2) is 5.69 Å². The highest BCUT2D eigenvalue weighted by atomic mass is 27.0. The number of aromatic nitrogens is 2. The quantitative estimate of drug-likeness (QED) is 0.684. The topological polar surface area (TPSA) is 17.8 Å². The van der Waals surface area contributed by atoms with Crippen LogP contribution < -0.4 is 4.56 Å². The van der Waals surface area contributed by atoms with Crippen molar-refractivity contribution in [2.24, 2.45) is 0 Å². The van der Waals surface area contributed by atoms with Crippen LogP contribution in [-0.2, 0) is 6.18 Å². The van der Waals surface area contributed by atoms with E-state index >= 15 is 0 Å². The van der Waals surface area contributed by atoms with Gasteiger partial charge in [0.2, 0.25) is 0 Å². The van der Waals surface area contributed by atoms with Gasteiger partial charge < -0.3 is 0 Å². The Hall–Kier alpha value is -1.25. The number of alkyl halides is 3. The first-order valence-corrected chi connectivity index (χ1v) is 5.68. The Morgan fingerprint density at radius 1 is 1.12 bits per heavy atom.